The van der Waals surface area contributed by atoms with Gasteiger partial charge in [0.05, 0.1) is 6.04 Å². The van der Waals surface area contributed by atoms with Gasteiger partial charge in [-0.2, -0.15) is 0 Å². The highest BCUT2D eigenvalue weighted by Gasteiger charge is 2.62. The molecule has 5 heteroatoms. The van der Waals surface area contributed by atoms with Gasteiger partial charge in [0, 0.05) is 34.8 Å². The number of Topliss-reactive ketones (excluding diaryl/α,β-unsaturated/α-hetero) is 1. The predicted molar refractivity (Wildman–Crippen MR) is 94.1 cm³/mol. The van der Waals surface area contributed by atoms with Gasteiger partial charge in [0.15, 0.2) is 5.78 Å². The molecule has 0 unspecified atom stereocenters. The van der Waals surface area contributed by atoms with Gasteiger partial charge in [0.1, 0.15) is 11.3 Å². The summed E-state index contributed by atoms with van der Waals surface area (Å²) in [5.74, 6) is -0.640. The van der Waals surface area contributed by atoms with Crippen molar-refractivity contribution in [1.82, 2.24) is 4.90 Å². The monoisotopic (exact) mass is 336 g/mol. The number of hydrogen-bond acceptors (Lipinski definition) is 4. The summed E-state index contributed by atoms with van der Waals surface area (Å²) >= 11 is 0. The van der Waals surface area contributed by atoms with Crippen LogP contribution in [0, 0.1) is 11.8 Å². The van der Waals surface area contributed by atoms with Crippen LogP contribution < -0.4 is 15.8 Å². The van der Waals surface area contributed by atoms with Crippen LogP contribution in [-0.4, -0.2) is 39.8 Å². The van der Waals surface area contributed by atoms with Gasteiger partial charge in [-0.15, -0.1) is 0 Å². The van der Waals surface area contributed by atoms with Crippen molar-refractivity contribution in [2.24, 2.45) is 11.8 Å². The maximum Gasteiger partial charge on any atom is 0.262 e. The van der Waals surface area contributed by atoms with Crippen LogP contribution in [0.4, 0.5) is 5.69 Å². The van der Waals surface area contributed by atoms with Crippen molar-refractivity contribution < 1.29 is 14.7 Å². The van der Waals surface area contributed by atoms with Crippen molar-refractivity contribution >= 4 is 29.0 Å². The number of rotatable bonds is 1. The lowest BCUT2D eigenvalue weighted by Gasteiger charge is -2.35. The number of ketones is 1. The van der Waals surface area contributed by atoms with Crippen molar-refractivity contribution in [2.45, 2.75) is 32.4 Å². The standard InChI is InChI=1S/C20H20N2O3/c1-9(23)14-18(24)17-16-11-8-21-13-6-4-5-10(15(11)13)7-12(16)20(2,3)22(17)19(14)25/h4-7,12,16-17,21,24H,8H2,1-3H3/t12-,16+,17+/m0/s1. The summed E-state index contributed by atoms with van der Waals surface area (Å²) in [7, 11) is 0. The minimum Gasteiger partial charge on any atom is -0.509 e. The lowest BCUT2D eigenvalue weighted by Crippen LogP contribution is -2.47. The van der Waals surface area contributed by atoms with Crippen molar-refractivity contribution in [3.63, 3.8) is 0 Å². The third-order valence-electron chi connectivity index (χ3n) is 6.41. The van der Waals surface area contributed by atoms with E-state index in [9.17, 15) is 14.7 Å². The Labute approximate surface area is 145 Å². The quantitative estimate of drug-likeness (QED) is 0.741. The highest BCUT2D eigenvalue weighted by Crippen LogP contribution is 2.53. The molecule has 5 nitrogen and oxygen atoms in total. The maximum absolute atomic E-state index is 12.9. The number of nitrogens with zero attached hydrogens (tertiary/aromatic N) is 1. The normalized spacial score (nSPS) is 30.7. The molecule has 0 radical (unpaired) electrons. The fraction of sp³-hybridized carbons (Fsp3) is 0.400. The van der Waals surface area contributed by atoms with Crippen molar-refractivity contribution in [2.75, 3.05) is 11.9 Å². The number of carbonyl (C=O) groups excluding carboxylic acids is 2. The number of fused-ring (bicyclic) bond motifs is 4. The van der Waals surface area contributed by atoms with E-state index in [1.54, 1.807) is 4.90 Å². The van der Waals surface area contributed by atoms with Crippen LogP contribution >= 0.6 is 0 Å². The summed E-state index contributed by atoms with van der Waals surface area (Å²) in [5.41, 5.74) is 1.84. The number of amides is 1. The SMILES string of the molecule is CC(=O)C1=C(O)[C@H]2[C@@H]3C4=c5c(cccc5=C[C@@H]3C(C)(C)N2C1=O)NC4. The van der Waals surface area contributed by atoms with Crippen molar-refractivity contribution in [3.8, 4) is 0 Å². The second-order valence-electron chi connectivity index (χ2n) is 7.96. The van der Waals surface area contributed by atoms with Gasteiger partial charge >= 0.3 is 0 Å². The molecule has 0 saturated carbocycles. The summed E-state index contributed by atoms with van der Waals surface area (Å²) in [6.07, 6.45) is 2.24. The zero-order valence-electron chi connectivity index (χ0n) is 14.5. The van der Waals surface area contributed by atoms with E-state index in [1.807, 2.05) is 19.9 Å². The zero-order chi connectivity index (χ0) is 17.7. The van der Waals surface area contributed by atoms with Gasteiger partial charge in [-0.25, -0.2) is 0 Å². The molecular weight excluding hydrogens is 316 g/mol. The van der Waals surface area contributed by atoms with Crippen LogP contribution in [-0.2, 0) is 9.59 Å². The zero-order valence-corrected chi connectivity index (χ0v) is 14.5. The predicted octanol–water partition coefficient (Wildman–Crippen LogP) is 0.693. The first kappa shape index (κ1) is 14.8. The van der Waals surface area contributed by atoms with E-state index in [0.717, 1.165) is 12.2 Å². The first-order valence-corrected chi connectivity index (χ1v) is 8.69. The summed E-state index contributed by atoms with van der Waals surface area (Å²) in [6, 6.07) is 5.77. The summed E-state index contributed by atoms with van der Waals surface area (Å²) in [4.78, 5) is 26.6. The molecule has 2 N–H and O–H groups in total. The van der Waals surface area contributed by atoms with Gasteiger partial charge in [-0.1, -0.05) is 18.2 Å². The van der Waals surface area contributed by atoms with Gasteiger partial charge in [0.2, 0.25) is 0 Å². The van der Waals surface area contributed by atoms with Crippen LogP contribution in [0.5, 0.6) is 0 Å². The Bertz CT molecular complexity index is 1020. The van der Waals surface area contributed by atoms with Crippen LogP contribution in [0.2, 0.25) is 0 Å². The number of aliphatic hydroxyl groups is 1. The molecule has 3 heterocycles. The minimum absolute atomic E-state index is 0.000509. The van der Waals surface area contributed by atoms with E-state index < -0.39 is 11.6 Å². The molecular formula is C20H20N2O3. The average Bonchev–Trinajstić information content (AvgIpc) is 3.14. The molecule has 25 heavy (non-hydrogen) atoms. The fourth-order valence-electron chi connectivity index (χ4n) is 5.39. The van der Waals surface area contributed by atoms with Crippen LogP contribution in [0.3, 0.4) is 0 Å². The molecule has 0 aromatic heterocycles. The second kappa shape index (κ2) is 4.34. The topological polar surface area (TPSA) is 69.6 Å². The Morgan fingerprint density at radius 1 is 1.36 bits per heavy atom. The van der Waals surface area contributed by atoms with Crippen LogP contribution in [0.1, 0.15) is 20.8 Å². The van der Waals surface area contributed by atoms with Crippen LogP contribution in [0.15, 0.2) is 29.5 Å². The minimum atomic E-state index is -0.471. The summed E-state index contributed by atoms with van der Waals surface area (Å²) < 4.78 is 0. The number of aliphatic hydroxyl groups excluding tert-OH is 1. The second-order valence-corrected chi connectivity index (χ2v) is 7.96. The molecule has 1 aliphatic carbocycles. The van der Waals surface area contributed by atoms with E-state index in [0.29, 0.717) is 0 Å². The van der Waals surface area contributed by atoms with Gasteiger partial charge < -0.3 is 15.3 Å². The van der Waals surface area contributed by atoms with E-state index in [2.05, 4.69) is 23.5 Å². The summed E-state index contributed by atoms with van der Waals surface area (Å²) in [5, 5.41) is 16.6. The van der Waals surface area contributed by atoms with Gasteiger partial charge in [-0.3, -0.25) is 9.59 Å². The molecule has 128 valence electrons. The number of hydrogen-bond donors (Lipinski definition) is 2. The Hall–Kier alpha value is -2.56. The highest BCUT2D eigenvalue weighted by molar-refractivity contribution is 6.21. The Morgan fingerprint density at radius 3 is 2.84 bits per heavy atom. The van der Waals surface area contributed by atoms with Gasteiger partial charge in [-0.05, 0) is 37.6 Å². The van der Waals surface area contributed by atoms with Crippen molar-refractivity contribution in [3.05, 3.63) is 40.0 Å². The summed E-state index contributed by atoms with van der Waals surface area (Å²) in [6.45, 7) is 6.14. The average molecular weight is 336 g/mol. The van der Waals surface area contributed by atoms with E-state index in [4.69, 9.17) is 0 Å². The lowest BCUT2D eigenvalue weighted by molar-refractivity contribution is -0.132. The highest BCUT2D eigenvalue weighted by atomic mass is 16.3. The largest absolute Gasteiger partial charge is 0.509 e. The Morgan fingerprint density at radius 2 is 2.12 bits per heavy atom. The molecule has 1 aromatic rings. The lowest BCUT2D eigenvalue weighted by atomic mass is 9.73. The molecule has 0 spiro atoms. The first-order chi connectivity index (χ1) is 11.8. The van der Waals surface area contributed by atoms with Crippen LogP contribution in [0.25, 0.3) is 11.6 Å². The number of nitrogens with one attached hydrogen (secondary N) is 1. The molecule has 1 amide bonds. The molecule has 5 rings (SSSR count). The van der Waals surface area contributed by atoms with E-state index >= 15 is 0 Å². The number of benzene rings is 1. The third kappa shape index (κ3) is 1.54. The van der Waals surface area contributed by atoms with E-state index in [1.165, 1.54) is 22.9 Å². The van der Waals surface area contributed by atoms with Crippen molar-refractivity contribution in [1.29, 1.82) is 0 Å². The number of anilines is 1. The Balaban J connectivity index is 1.81. The Kier molecular flexibility index (Phi) is 2.56. The number of carbonyl (C=O) groups is 2. The molecule has 1 aromatic carbocycles. The molecule has 1 fully saturated rings. The fourth-order valence-corrected chi connectivity index (χ4v) is 5.39. The third-order valence-corrected chi connectivity index (χ3v) is 6.41. The maximum atomic E-state index is 12.9. The molecule has 0 bridgehead atoms. The van der Waals surface area contributed by atoms with E-state index in [-0.39, 0.29) is 34.9 Å². The molecule has 4 aliphatic rings. The molecule has 1 saturated heterocycles. The molecule has 3 aliphatic heterocycles. The molecule has 3 atom stereocenters. The van der Waals surface area contributed by atoms with Gasteiger partial charge in [0.25, 0.3) is 5.91 Å². The smallest absolute Gasteiger partial charge is 0.262 e. The first-order valence-electron chi connectivity index (χ1n) is 8.69.